The van der Waals surface area contributed by atoms with E-state index in [0.717, 1.165) is 0 Å². The predicted molar refractivity (Wildman–Crippen MR) is 58.2 cm³/mol. The zero-order valence-corrected chi connectivity index (χ0v) is 8.79. The Kier molecular flexibility index (Phi) is 3.88. The summed E-state index contributed by atoms with van der Waals surface area (Å²) in [5, 5.41) is 11.4. The highest BCUT2D eigenvalue weighted by Crippen LogP contribution is 2.24. The summed E-state index contributed by atoms with van der Waals surface area (Å²) in [6.07, 6.45) is 0. The minimum atomic E-state index is -1.08. The smallest absolute Gasteiger partial charge is 0.332 e. The van der Waals surface area contributed by atoms with Crippen LogP contribution in [0.25, 0.3) is 0 Å². The van der Waals surface area contributed by atoms with E-state index in [2.05, 4.69) is 11.9 Å². The number of halogens is 1. The van der Waals surface area contributed by atoms with Crippen molar-refractivity contribution in [3.05, 3.63) is 36.2 Å². The first kappa shape index (κ1) is 12.0. The molecule has 0 fully saturated rings. The largest absolute Gasteiger partial charge is 0.494 e. The molecule has 1 rings (SSSR count). The van der Waals surface area contributed by atoms with E-state index in [1.165, 1.54) is 25.3 Å². The van der Waals surface area contributed by atoms with Gasteiger partial charge >= 0.3 is 5.97 Å². The van der Waals surface area contributed by atoms with Crippen LogP contribution in [0.15, 0.2) is 30.4 Å². The zero-order chi connectivity index (χ0) is 12.1. The minimum absolute atomic E-state index is 0.0198. The van der Waals surface area contributed by atoms with Crippen LogP contribution in [-0.2, 0) is 4.79 Å². The number of rotatable bonds is 5. The third kappa shape index (κ3) is 2.98. The Morgan fingerprint density at radius 3 is 2.88 bits per heavy atom. The molecule has 1 aromatic rings. The number of benzene rings is 1. The molecule has 0 saturated heterocycles. The second kappa shape index (κ2) is 5.16. The van der Waals surface area contributed by atoms with Crippen LogP contribution in [-0.4, -0.2) is 24.7 Å². The predicted octanol–water partition coefficient (Wildman–Crippen LogP) is 1.89. The second-order valence-corrected chi connectivity index (χ2v) is 3.11. The lowest BCUT2D eigenvalue weighted by Crippen LogP contribution is -2.11. The lowest BCUT2D eigenvalue weighted by molar-refractivity contribution is -0.132. The molecule has 0 radical (unpaired) electrons. The molecule has 0 aromatic heterocycles. The van der Waals surface area contributed by atoms with Gasteiger partial charge in [-0.2, -0.15) is 0 Å². The van der Waals surface area contributed by atoms with Gasteiger partial charge in [-0.3, -0.25) is 0 Å². The quantitative estimate of drug-likeness (QED) is 0.751. The summed E-state index contributed by atoms with van der Waals surface area (Å²) in [6.45, 7) is 3.43. The van der Waals surface area contributed by atoms with Gasteiger partial charge in [0.25, 0.3) is 0 Å². The summed E-state index contributed by atoms with van der Waals surface area (Å²) >= 11 is 0. The Balaban J connectivity index is 2.74. The van der Waals surface area contributed by atoms with Gasteiger partial charge in [-0.05, 0) is 12.1 Å². The molecule has 2 N–H and O–H groups in total. The molecule has 1 aromatic carbocycles. The first-order valence-corrected chi connectivity index (χ1v) is 4.53. The van der Waals surface area contributed by atoms with Gasteiger partial charge in [-0.15, -0.1) is 0 Å². The van der Waals surface area contributed by atoms with Crippen LogP contribution in [0, 0.1) is 5.82 Å². The van der Waals surface area contributed by atoms with Crippen LogP contribution in [0.3, 0.4) is 0 Å². The van der Waals surface area contributed by atoms with Gasteiger partial charge in [0.05, 0.1) is 12.8 Å². The molecule has 0 unspecified atom stereocenters. The van der Waals surface area contributed by atoms with Gasteiger partial charge in [0.1, 0.15) is 11.6 Å². The van der Waals surface area contributed by atoms with Crippen LogP contribution in [0.1, 0.15) is 0 Å². The van der Waals surface area contributed by atoms with Gasteiger partial charge in [-0.25, -0.2) is 9.18 Å². The van der Waals surface area contributed by atoms with Crippen molar-refractivity contribution in [2.45, 2.75) is 0 Å². The number of ether oxygens (including phenoxy) is 1. The molecule has 16 heavy (non-hydrogen) atoms. The molecule has 0 aliphatic carbocycles. The van der Waals surface area contributed by atoms with Gasteiger partial charge in [0, 0.05) is 18.2 Å². The molecule has 0 saturated carbocycles. The number of anilines is 1. The fourth-order valence-electron chi connectivity index (χ4n) is 1.09. The van der Waals surface area contributed by atoms with Crippen molar-refractivity contribution in [2.24, 2.45) is 0 Å². The highest BCUT2D eigenvalue weighted by molar-refractivity contribution is 5.86. The van der Waals surface area contributed by atoms with E-state index in [4.69, 9.17) is 9.84 Å². The summed E-state index contributed by atoms with van der Waals surface area (Å²) in [5.74, 6) is -1.17. The van der Waals surface area contributed by atoms with Gasteiger partial charge < -0.3 is 15.2 Å². The van der Waals surface area contributed by atoms with Crippen molar-refractivity contribution in [1.82, 2.24) is 0 Å². The molecule has 86 valence electrons. The summed E-state index contributed by atoms with van der Waals surface area (Å²) in [4.78, 5) is 10.5. The minimum Gasteiger partial charge on any atom is -0.494 e. The molecule has 0 amide bonds. The van der Waals surface area contributed by atoms with Crippen LogP contribution in [0.5, 0.6) is 5.75 Å². The molecule has 0 bridgehead atoms. The van der Waals surface area contributed by atoms with Crippen molar-refractivity contribution in [3.63, 3.8) is 0 Å². The zero-order valence-electron chi connectivity index (χ0n) is 8.79. The maximum atomic E-state index is 12.8. The van der Waals surface area contributed by atoms with Crippen molar-refractivity contribution in [3.8, 4) is 5.75 Å². The first-order valence-electron chi connectivity index (χ1n) is 4.53. The number of carboxylic acids is 1. The molecule has 0 aliphatic heterocycles. The van der Waals surface area contributed by atoms with Gasteiger partial charge in [0.2, 0.25) is 0 Å². The van der Waals surface area contributed by atoms with Gasteiger partial charge in [-0.1, -0.05) is 6.58 Å². The molecule has 0 atom stereocenters. The molecule has 5 heteroatoms. The standard InChI is InChI=1S/C11H12FNO3/c1-7(11(14)15)6-13-9-4-3-8(12)5-10(9)16-2/h3-5,13H,1,6H2,2H3,(H,14,15). The Hall–Kier alpha value is -2.04. The molecule has 4 nitrogen and oxygen atoms in total. The number of methoxy groups -OCH3 is 1. The van der Waals surface area contributed by atoms with E-state index < -0.39 is 11.8 Å². The molecule has 0 aliphatic rings. The monoisotopic (exact) mass is 225 g/mol. The molecular weight excluding hydrogens is 213 g/mol. The average molecular weight is 225 g/mol. The van der Waals surface area contributed by atoms with Crippen molar-refractivity contribution >= 4 is 11.7 Å². The molecule has 0 heterocycles. The average Bonchev–Trinajstić information content (AvgIpc) is 2.26. The summed E-state index contributed by atoms with van der Waals surface area (Å²) in [5.41, 5.74) is 0.540. The highest BCUT2D eigenvalue weighted by atomic mass is 19.1. The van der Waals surface area contributed by atoms with Crippen LogP contribution >= 0.6 is 0 Å². The van der Waals surface area contributed by atoms with Gasteiger partial charge in [0.15, 0.2) is 0 Å². The number of aliphatic carboxylic acids is 1. The number of hydrogen-bond donors (Lipinski definition) is 2. The van der Waals surface area contributed by atoms with Crippen LogP contribution in [0.4, 0.5) is 10.1 Å². The SMILES string of the molecule is C=C(CNc1ccc(F)cc1OC)C(=O)O. The Morgan fingerprint density at radius 2 is 2.31 bits per heavy atom. The topological polar surface area (TPSA) is 58.6 Å². The third-order valence-corrected chi connectivity index (χ3v) is 1.96. The summed E-state index contributed by atoms with van der Waals surface area (Å²) < 4.78 is 17.8. The van der Waals surface area contributed by atoms with Crippen molar-refractivity contribution in [2.75, 3.05) is 19.0 Å². The Bertz CT molecular complexity index is 418. The number of carboxylic acid groups (broad SMARTS) is 1. The van der Waals surface area contributed by atoms with Crippen LogP contribution in [0.2, 0.25) is 0 Å². The Labute approximate surface area is 92.4 Å². The fraction of sp³-hybridized carbons (Fsp3) is 0.182. The van der Waals surface area contributed by atoms with E-state index in [9.17, 15) is 9.18 Å². The highest BCUT2D eigenvalue weighted by Gasteiger charge is 2.07. The van der Waals surface area contributed by atoms with Crippen LogP contribution < -0.4 is 10.1 Å². The van der Waals surface area contributed by atoms with Crippen molar-refractivity contribution in [1.29, 1.82) is 0 Å². The lowest BCUT2D eigenvalue weighted by Gasteiger charge is -2.10. The molecular formula is C11H12FNO3. The fourth-order valence-corrected chi connectivity index (χ4v) is 1.09. The third-order valence-electron chi connectivity index (χ3n) is 1.96. The summed E-state index contributed by atoms with van der Waals surface area (Å²) in [6, 6.07) is 3.95. The second-order valence-electron chi connectivity index (χ2n) is 3.11. The maximum Gasteiger partial charge on any atom is 0.332 e. The normalized spacial score (nSPS) is 9.62. The van der Waals surface area contributed by atoms with E-state index in [-0.39, 0.29) is 12.1 Å². The summed E-state index contributed by atoms with van der Waals surface area (Å²) in [7, 11) is 1.41. The number of carbonyl (C=O) groups is 1. The number of nitrogens with one attached hydrogen (secondary N) is 1. The van der Waals surface area contributed by atoms with E-state index in [1.807, 2.05) is 0 Å². The molecule has 0 spiro atoms. The van der Waals surface area contributed by atoms with E-state index in [0.29, 0.717) is 11.4 Å². The van der Waals surface area contributed by atoms with Crippen molar-refractivity contribution < 1.29 is 19.0 Å². The Morgan fingerprint density at radius 1 is 1.62 bits per heavy atom. The van der Waals surface area contributed by atoms with E-state index >= 15 is 0 Å². The number of hydrogen-bond acceptors (Lipinski definition) is 3. The van der Waals surface area contributed by atoms with E-state index in [1.54, 1.807) is 0 Å². The first-order chi connectivity index (χ1) is 7.54. The maximum absolute atomic E-state index is 12.8. The lowest BCUT2D eigenvalue weighted by atomic mass is 10.2.